The molecule has 0 saturated carbocycles. The topological polar surface area (TPSA) is 43.6 Å². The van der Waals surface area contributed by atoms with Crippen molar-refractivity contribution < 1.29 is 0 Å². The Kier molecular flexibility index (Phi) is 2.94. The van der Waals surface area contributed by atoms with E-state index in [1.165, 1.54) is 5.56 Å². The number of hydrogen-bond acceptors (Lipinski definition) is 3. The molecule has 0 amide bonds. The zero-order valence-corrected chi connectivity index (χ0v) is 10.4. The van der Waals surface area contributed by atoms with Crippen LogP contribution < -0.4 is 0 Å². The van der Waals surface area contributed by atoms with Crippen LogP contribution in [0.25, 0.3) is 11.0 Å². The fourth-order valence-electron chi connectivity index (χ4n) is 1.98. The van der Waals surface area contributed by atoms with Crippen LogP contribution in [0, 0.1) is 0 Å². The molecule has 0 saturated heterocycles. The molecule has 5 heteroatoms. The third-order valence-electron chi connectivity index (χ3n) is 2.84. The Bertz CT molecular complexity index is 663. The Morgan fingerprint density at radius 1 is 1.06 bits per heavy atom. The summed E-state index contributed by atoms with van der Waals surface area (Å²) in [5, 5.41) is 0. The average molecular weight is 259 g/mol. The number of halogens is 1. The van der Waals surface area contributed by atoms with Crippen molar-refractivity contribution in [2.75, 3.05) is 0 Å². The smallest absolute Gasteiger partial charge is 0.125 e. The molecule has 3 heterocycles. The molecule has 0 bridgehead atoms. The van der Waals surface area contributed by atoms with E-state index in [2.05, 4.69) is 19.5 Å². The second kappa shape index (κ2) is 4.74. The predicted octanol–water partition coefficient (Wildman–Crippen LogP) is 2.61. The van der Waals surface area contributed by atoms with E-state index in [0.29, 0.717) is 5.88 Å². The van der Waals surface area contributed by atoms with Crippen molar-refractivity contribution in [1.82, 2.24) is 19.5 Å². The largest absolute Gasteiger partial charge is 0.322 e. The van der Waals surface area contributed by atoms with Gasteiger partial charge in [-0.1, -0.05) is 0 Å². The van der Waals surface area contributed by atoms with Crippen molar-refractivity contribution in [3.63, 3.8) is 0 Å². The number of fused-ring (bicyclic) bond motifs is 1. The first-order valence-electron chi connectivity index (χ1n) is 5.62. The number of imidazole rings is 1. The molecule has 0 aliphatic rings. The average Bonchev–Trinajstić information content (AvgIpc) is 2.78. The van der Waals surface area contributed by atoms with Gasteiger partial charge in [0, 0.05) is 25.1 Å². The van der Waals surface area contributed by atoms with E-state index in [9.17, 15) is 0 Å². The molecule has 3 rings (SSSR count). The molecule has 0 atom stereocenters. The lowest BCUT2D eigenvalue weighted by Crippen LogP contribution is -2.03. The van der Waals surface area contributed by atoms with Crippen LogP contribution in [-0.4, -0.2) is 19.5 Å². The maximum atomic E-state index is 5.95. The van der Waals surface area contributed by atoms with Crippen molar-refractivity contribution in [3.8, 4) is 0 Å². The van der Waals surface area contributed by atoms with Crippen LogP contribution in [0.5, 0.6) is 0 Å². The summed E-state index contributed by atoms with van der Waals surface area (Å²) in [7, 11) is 0. The minimum atomic E-state index is 0.389. The van der Waals surface area contributed by atoms with Gasteiger partial charge in [-0.3, -0.25) is 9.97 Å². The second-order valence-electron chi connectivity index (χ2n) is 3.97. The van der Waals surface area contributed by atoms with Gasteiger partial charge in [0.25, 0.3) is 0 Å². The highest BCUT2D eigenvalue weighted by molar-refractivity contribution is 6.16. The summed E-state index contributed by atoms with van der Waals surface area (Å²) in [6, 6.07) is 5.94. The molecule has 18 heavy (non-hydrogen) atoms. The van der Waals surface area contributed by atoms with E-state index in [-0.39, 0.29) is 0 Å². The van der Waals surface area contributed by atoms with Gasteiger partial charge in [0.05, 0.1) is 17.6 Å². The maximum Gasteiger partial charge on any atom is 0.125 e. The third-order valence-corrected chi connectivity index (χ3v) is 3.08. The van der Waals surface area contributed by atoms with Gasteiger partial charge in [0.2, 0.25) is 0 Å². The van der Waals surface area contributed by atoms with Crippen molar-refractivity contribution in [2.24, 2.45) is 0 Å². The molecule has 90 valence electrons. The minimum Gasteiger partial charge on any atom is -0.322 e. The fraction of sp³-hybridized carbons (Fsp3) is 0.154. The number of nitrogens with zero attached hydrogens (tertiary/aromatic N) is 4. The number of alkyl halides is 1. The highest BCUT2D eigenvalue weighted by Crippen LogP contribution is 2.18. The first-order valence-corrected chi connectivity index (χ1v) is 6.16. The highest BCUT2D eigenvalue weighted by Gasteiger charge is 2.09. The summed E-state index contributed by atoms with van der Waals surface area (Å²) < 4.78 is 2.11. The Hall–Kier alpha value is -1.94. The second-order valence-corrected chi connectivity index (χ2v) is 4.23. The molecule has 0 N–H and O–H groups in total. The van der Waals surface area contributed by atoms with Gasteiger partial charge < -0.3 is 4.57 Å². The Labute approximate surface area is 109 Å². The van der Waals surface area contributed by atoms with Crippen LogP contribution >= 0.6 is 11.6 Å². The molecule has 0 aliphatic heterocycles. The van der Waals surface area contributed by atoms with Gasteiger partial charge in [0.15, 0.2) is 0 Å². The molecule has 4 nitrogen and oxygen atoms in total. The monoisotopic (exact) mass is 258 g/mol. The van der Waals surface area contributed by atoms with Gasteiger partial charge in [-0.2, -0.15) is 0 Å². The molecule has 0 fully saturated rings. The lowest BCUT2D eigenvalue weighted by Gasteiger charge is -2.07. The quantitative estimate of drug-likeness (QED) is 0.679. The lowest BCUT2D eigenvalue weighted by molar-refractivity contribution is 0.777. The van der Waals surface area contributed by atoms with Crippen LogP contribution in [0.3, 0.4) is 0 Å². The van der Waals surface area contributed by atoms with E-state index in [4.69, 9.17) is 11.6 Å². The summed E-state index contributed by atoms with van der Waals surface area (Å²) >= 11 is 5.95. The number of aromatic nitrogens is 4. The SMILES string of the molecule is ClCc1nc2cnccc2n1Cc1ccncc1. The summed E-state index contributed by atoms with van der Waals surface area (Å²) in [4.78, 5) is 12.6. The van der Waals surface area contributed by atoms with Crippen molar-refractivity contribution in [2.45, 2.75) is 12.4 Å². The predicted molar refractivity (Wildman–Crippen MR) is 70.4 cm³/mol. The van der Waals surface area contributed by atoms with E-state index >= 15 is 0 Å². The van der Waals surface area contributed by atoms with Crippen LogP contribution in [0.1, 0.15) is 11.4 Å². The van der Waals surface area contributed by atoms with Crippen molar-refractivity contribution >= 4 is 22.6 Å². The summed E-state index contributed by atoms with van der Waals surface area (Å²) in [5.41, 5.74) is 3.10. The number of rotatable bonds is 3. The lowest BCUT2D eigenvalue weighted by atomic mass is 10.2. The third kappa shape index (κ3) is 1.95. The molecule has 3 aromatic heterocycles. The first-order chi connectivity index (χ1) is 8.88. The molecule has 0 unspecified atom stereocenters. The van der Waals surface area contributed by atoms with Gasteiger partial charge >= 0.3 is 0 Å². The standard InChI is InChI=1S/C13H11ClN4/c14-7-13-17-11-8-16-6-3-12(11)18(13)9-10-1-4-15-5-2-10/h1-6,8H,7,9H2. The zero-order valence-electron chi connectivity index (χ0n) is 9.62. The molecular formula is C13H11ClN4. The molecule has 0 radical (unpaired) electrons. The van der Waals surface area contributed by atoms with Gasteiger partial charge in [-0.15, -0.1) is 11.6 Å². The molecule has 3 aromatic rings. The van der Waals surface area contributed by atoms with Crippen molar-refractivity contribution in [1.29, 1.82) is 0 Å². The zero-order chi connectivity index (χ0) is 12.4. The summed E-state index contributed by atoms with van der Waals surface area (Å²) in [6.07, 6.45) is 7.10. The van der Waals surface area contributed by atoms with E-state index in [1.54, 1.807) is 24.8 Å². The van der Waals surface area contributed by atoms with Crippen molar-refractivity contribution in [3.05, 3.63) is 54.4 Å². The maximum absolute atomic E-state index is 5.95. The van der Waals surface area contributed by atoms with Crippen LogP contribution in [0.2, 0.25) is 0 Å². The van der Waals surface area contributed by atoms with Gasteiger partial charge in [0.1, 0.15) is 11.3 Å². The summed E-state index contributed by atoms with van der Waals surface area (Å²) in [5.74, 6) is 1.25. The Morgan fingerprint density at radius 3 is 2.61 bits per heavy atom. The van der Waals surface area contributed by atoms with Crippen LogP contribution in [-0.2, 0) is 12.4 Å². The summed E-state index contributed by atoms with van der Waals surface area (Å²) in [6.45, 7) is 0.741. The molecule has 0 aromatic carbocycles. The number of hydrogen-bond donors (Lipinski definition) is 0. The van der Waals surface area contributed by atoms with E-state index < -0.39 is 0 Å². The van der Waals surface area contributed by atoms with E-state index in [0.717, 1.165) is 23.4 Å². The fourth-order valence-corrected chi connectivity index (χ4v) is 2.18. The first kappa shape index (κ1) is 11.2. The molecule has 0 spiro atoms. The van der Waals surface area contributed by atoms with Crippen LogP contribution in [0.4, 0.5) is 0 Å². The molecular weight excluding hydrogens is 248 g/mol. The Balaban J connectivity index is 2.10. The van der Waals surface area contributed by atoms with Gasteiger partial charge in [-0.25, -0.2) is 4.98 Å². The normalized spacial score (nSPS) is 10.9. The number of pyridine rings is 2. The minimum absolute atomic E-state index is 0.389. The van der Waals surface area contributed by atoms with E-state index in [1.807, 2.05) is 18.2 Å². The molecule has 0 aliphatic carbocycles. The highest BCUT2D eigenvalue weighted by atomic mass is 35.5. The Morgan fingerprint density at radius 2 is 1.83 bits per heavy atom. The van der Waals surface area contributed by atoms with Gasteiger partial charge in [-0.05, 0) is 23.8 Å². The van der Waals surface area contributed by atoms with Crippen LogP contribution in [0.15, 0.2) is 43.0 Å².